The number of hydrogen-bond acceptors (Lipinski definition) is 4. The van der Waals surface area contributed by atoms with Crippen LogP contribution in [0.1, 0.15) is 219 Å². The third-order valence-electron chi connectivity index (χ3n) is 10.8. The Kier molecular flexibility index (Phi) is 35.0. The Morgan fingerprint density at radius 1 is 0.519 bits per heavy atom. The van der Waals surface area contributed by atoms with Crippen LogP contribution >= 0.6 is 0 Å². The fourth-order valence-electron chi connectivity index (χ4n) is 7.35. The van der Waals surface area contributed by atoms with Crippen molar-refractivity contribution in [3.05, 3.63) is 48.6 Å². The first-order valence-corrected chi connectivity index (χ1v) is 22.8. The second-order valence-corrected chi connectivity index (χ2v) is 15.9. The summed E-state index contributed by atoms with van der Waals surface area (Å²) in [6.07, 6.45) is 56.8. The van der Waals surface area contributed by atoms with Crippen molar-refractivity contribution in [2.75, 3.05) is 26.2 Å². The first-order chi connectivity index (χ1) is 25.6. The summed E-state index contributed by atoms with van der Waals surface area (Å²) >= 11 is 0. The van der Waals surface area contributed by atoms with Gasteiger partial charge < -0.3 is 9.84 Å². The quantitative estimate of drug-likeness (QED) is 0.0393. The van der Waals surface area contributed by atoms with Gasteiger partial charge in [0.2, 0.25) is 0 Å². The number of carbonyl (C=O) groups excluding carboxylic acids is 1. The van der Waals surface area contributed by atoms with E-state index in [2.05, 4.69) is 67.4 Å². The lowest BCUT2D eigenvalue weighted by molar-refractivity contribution is -0.145. The molecule has 52 heavy (non-hydrogen) atoms. The van der Waals surface area contributed by atoms with Gasteiger partial charge in [-0.1, -0.05) is 159 Å². The van der Waals surface area contributed by atoms with Gasteiger partial charge in [0, 0.05) is 0 Å². The van der Waals surface area contributed by atoms with E-state index in [1.807, 2.05) is 0 Å². The Morgan fingerprint density at radius 3 is 1.35 bits per heavy atom. The molecule has 1 unspecified atom stereocenters. The smallest absolute Gasteiger partial charge is 0.320 e. The number of unbranched alkanes of at least 4 members (excludes halogenated alkanes) is 19. The fourth-order valence-corrected chi connectivity index (χ4v) is 7.35. The van der Waals surface area contributed by atoms with E-state index in [1.54, 1.807) is 0 Å². The van der Waals surface area contributed by atoms with Gasteiger partial charge >= 0.3 is 5.97 Å². The number of allylic oxidation sites excluding steroid dienone is 8. The van der Waals surface area contributed by atoms with Crippen molar-refractivity contribution in [3.8, 4) is 0 Å². The Labute approximate surface area is 324 Å². The molecule has 0 radical (unpaired) electrons. The van der Waals surface area contributed by atoms with E-state index in [0.29, 0.717) is 13.2 Å². The summed E-state index contributed by atoms with van der Waals surface area (Å²) in [4.78, 5) is 14.5. The molecule has 0 saturated carbocycles. The van der Waals surface area contributed by atoms with E-state index in [-0.39, 0.29) is 5.97 Å². The molecular weight excluding hydrogens is 639 g/mol. The molecule has 4 heteroatoms. The standard InChI is InChI=1S/C48H87NO3/c1-3-5-7-9-11-13-15-17-19-21-23-25-27-29-31-34-40-48(51,42-36-39-45-52-47(50)46-49-43-37-33-38-44-49)41-35-32-30-28-26-24-22-20-18-16-14-12-10-8-6-4-2/h11-14,17-20,51H,3-10,15-16,21-46H2,1-2H3/b13-11-,14-12?,19-17-,20-18?. The van der Waals surface area contributed by atoms with Gasteiger partial charge in [0.15, 0.2) is 0 Å². The van der Waals surface area contributed by atoms with Crippen molar-refractivity contribution in [1.29, 1.82) is 0 Å². The van der Waals surface area contributed by atoms with Crippen LogP contribution in [0.5, 0.6) is 0 Å². The third kappa shape index (κ3) is 33.0. The summed E-state index contributed by atoms with van der Waals surface area (Å²) in [7, 11) is 0. The normalized spacial score (nSPS) is 15.5. The van der Waals surface area contributed by atoms with Crippen LogP contribution in [-0.4, -0.2) is 47.8 Å². The van der Waals surface area contributed by atoms with Gasteiger partial charge in [-0.3, -0.25) is 9.69 Å². The molecule has 1 heterocycles. The van der Waals surface area contributed by atoms with Crippen molar-refractivity contribution in [2.24, 2.45) is 0 Å². The molecular formula is C48H87NO3. The highest BCUT2D eigenvalue weighted by atomic mass is 16.5. The average molecular weight is 726 g/mol. The molecule has 0 amide bonds. The van der Waals surface area contributed by atoms with E-state index in [0.717, 1.165) is 70.9 Å². The van der Waals surface area contributed by atoms with Crippen LogP contribution in [0.2, 0.25) is 0 Å². The van der Waals surface area contributed by atoms with Crippen LogP contribution in [0.25, 0.3) is 0 Å². The molecule has 0 aromatic carbocycles. The van der Waals surface area contributed by atoms with Crippen LogP contribution in [0.4, 0.5) is 0 Å². The maximum absolute atomic E-state index is 12.3. The molecule has 1 N–H and O–H groups in total. The predicted octanol–water partition coefficient (Wildman–Crippen LogP) is 14.3. The zero-order valence-corrected chi connectivity index (χ0v) is 34.8. The summed E-state index contributed by atoms with van der Waals surface area (Å²) in [6.45, 7) is 7.48. The number of hydrogen-bond donors (Lipinski definition) is 1. The van der Waals surface area contributed by atoms with E-state index in [9.17, 15) is 9.90 Å². The number of ether oxygens (including phenoxy) is 1. The Balaban J connectivity index is 2.24. The predicted molar refractivity (Wildman–Crippen MR) is 228 cm³/mol. The van der Waals surface area contributed by atoms with Gasteiger partial charge in [-0.15, -0.1) is 0 Å². The molecule has 1 aliphatic heterocycles. The number of likely N-dealkylation sites (tertiary alicyclic amines) is 1. The molecule has 0 spiro atoms. The summed E-state index contributed by atoms with van der Waals surface area (Å²) in [6, 6.07) is 0. The summed E-state index contributed by atoms with van der Waals surface area (Å²) in [5.41, 5.74) is -0.567. The number of nitrogens with zero attached hydrogens (tertiary/aromatic N) is 1. The van der Waals surface area contributed by atoms with Gasteiger partial charge in [-0.25, -0.2) is 0 Å². The Bertz CT molecular complexity index is 836. The first-order valence-electron chi connectivity index (χ1n) is 22.8. The molecule has 1 aliphatic rings. The molecule has 1 atom stereocenters. The molecule has 0 bridgehead atoms. The second-order valence-electron chi connectivity index (χ2n) is 15.9. The molecule has 302 valence electrons. The first kappa shape index (κ1) is 48.4. The minimum atomic E-state index is -0.567. The number of piperidine rings is 1. The number of rotatable bonds is 37. The van der Waals surface area contributed by atoms with Crippen molar-refractivity contribution >= 4 is 5.97 Å². The zero-order chi connectivity index (χ0) is 37.5. The number of carbonyl (C=O) groups is 1. The van der Waals surface area contributed by atoms with E-state index < -0.39 is 5.60 Å². The number of aliphatic hydroxyl groups is 1. The molecule has 1 fully saturated rings. The minimum Gasteiger partial charge on any atom is -0.465 e. The maximum Gasteiger partial charge on any atom is 0.320 e. The highest BCUT2D eigenvalue weighted by Gasteiger charge is 2.25. The average Bonchev–Trinajstić information content (AvgIpc) is 3.15. The van der Waals surface area contributed by atoms with Gasteiger partial charge in [-0.2, -0.15) is 0 Å². The van der Waals surface area contributed by atoms with Crippen LogP contribution in [0.3, 0.4) is 0 Å². The topological polar surface area (TPSA) is 49.8 Å². The Morgan fingerprint density at radius 2 is 0.904 bits per heavy atom. The number of esters is 1. The highest BCUT2D eigenvalue weighted by Crippen LogP contribution is 2.29. The summed E-state index contributed by atoms with van der Waals surface area (Å²) in [5, 5.41) is 11.7. The van der Waals surface area contributed by atoms with E-state index >= 15 is 0 Å². The summed E-state index contributed by atoms with van der Waals surface area (Å²) < 4.78 is 5.57. The molecule has 0 aromatic heterocycles. The molecule has 1 rings (SSSR count). The van der Waals surface area contributed by atoms with Crippen molar-refractivity contribution in [1.82, 2.24) is 4.90 Å². The molecule has 4 nitrogen and oxygen atoms in total. The summed E-state index contributed by atoms with van der Waals surface area (Å²) in [5.74, 6) is -0.0835. The highest BCUT2D eigenvalue weighted by molar-refractivity contribution is 5.71. The van der Waals surface area contributed by atoms with Crippen molar-refractivity contribution in [2.45, 2.75) is 225 Å². The second kappa shape index (κ2) is 37.7. The van der Waals surface area contributed by atoms with Gasteiger partial charge in [0.05, 0.1) is 18.8 Å². The minimum absolute atomic E-state index is 0.0835. The molecule has 0 aliphatic carbocycles. The lowest BCUT2D eigenvalue weighted by atomic mass is 9.85. The van der Waals surface area contributed by atoms with Gasteiger partial charge in [0.1, 0.15) is 0 Å². The maximum atomic E-state index is 12.3. The van der Waals surface area contributed by atoms with Gasteiger partial charge in [0.25, 0.3) is 0 Å². The van der Waals surface area contributed by atoms with Crippen LogP contribution in [0, 0.1) is 0 Å². The molecule has 1 saturated heterocycles. The third-order valence-corrected chi connectivity index (χ3v) is 10.8. The van der Waals surface area contributed by atoms with E-state index in [1.165, 1.54) is 148 Å². The van der Waals surface area contributed by atoms with Crippen molar-refractivity contribution in [3.63, 3.8) is 0 Å². The van der Waals surface area contributed by atoms with Crippen LogP contribution in [0.15, 0.2) is 48.6 Å². The largest absolute Gasteiger partial charge is 0.465 e. The fraction of sp³-hybridized carbons (Fsp3) is 0.812. The zero-order valence-electron chi connectivity index (χ0n) is 34.8. The lowest BCUT2D eigenvalue weighted by Crippen LogP contribution is -2.35. The Hall–Kier alpha value is -1.65. The van der Waals surface area contributed by atoms with E-state index in [4.69, 9.17) is 4.74 Å². The molecule has 0 aromatic rings. The van der Waals surface area contributed by atoms with Gasteiger partial charge in [-0.05, 0) is 122 Å². The lowest BCUT2D eigenvalue weighted by Gasteiger charge is -2.29. The monoisotopic (exact) mass is 726 g/mol. The van der Waals surface area contributed by atoms with Crippen LogP contribution in [-0.2, 0) is 9.53 Å². The van der Waals surface area contributed by atoms with Crippen LogP contribution < -0.4 is 0 Å². The van der Waals surface area contributed by atoms with Crippen molar-refractivity contribution < 1.29 is 14.6 Å². The SMILES string of the molecule is CCCCCC=CCC=CCCCCCCCCC(O)(CCCCCCCC/C=C\C/C=C\CCCCC)CCCCOC(=O)CN1CCCCC1.